The number of likely N-dealkylation sites (N-methyl/N-ethyl adjacent to an activating group) is 1. The molecule has 14 heavy (non-hydrogen) atoms. The Morgan fingerprint density at radius 2 is 1.86 bits per heavy atom. The maximum atomic E-state index is 2.37. The molecule has 2 heteroatoms. The van der Waals surface area contributed by atoms with E-state index in [4.69, 9.17) is 0 Å². The molecular weight excluding hydrogens is 189 g/mol. The molecule has 0 radical (unpaired) electrons. The zero-order valence-electron chi connectivity index (χ0n) is 9.63. The summed E-state index contributed by atoms with van der Waals surface area (Å²) in [6.07, 6.45) is 13.4. The maximum absolute atomic E-state index is 2.37. The van der Waals surface area contributed by atoms with Gasteiger partial charge in [0.05, 0.1) is 0 Å². The fraction of sp³-hybridized carbons (Fsp3) is 0.833. The molecule has 1 atom stereocenters. The van der Waals surface area contributed by atoms with Crippen molar-refractivity contribution in [1.29, 1.82) is 0 Å². The van der Waals surface area contributed by atoms with Gasteiger partial charge in [-0.05, 0) is 38.8 Å². The summed E-state index contributed by atoms with van der Waals surface area (Å²) < 4.78 is 0. The third-order valence-corrected chi connectivity index (χ3v) is 4.39. The molecule has 0 aliphatic heterocycles. The molecule has 0 bridgehead atoms. The first-order valence-corrected chi connectivity index (χ1v) is 7.10. The van der Waals surface area contributed by atoms with Crippen molar-refractivity contribution >= 4 is 8.58 Å². The van der Waals surface area contributed by atoms with Gasteiger partial charge in [-0.25, -0.2) is 0 Å². The van der Waals surface area contributed by atoms with Crippen LogP contribution in [-0.2, 0) is 0 Å². The predicted molar refractivity (Wildman–Crippen MR) is 67.7 cm³/mol. The minimum atomic E-state index is 1.06. The second-order valence-electron chi connectivity index (χ2n) is 4.48. The minimum absolute atomic E-state index is 1.06. The SMILES string of the molecule is CN(C)CC=CCPC1CCCCC1. The van der Waals surface area contributed by atoms with Gasteiger partial charge in [0.15, 0.2) is 0 Å². The van der Waals surface area contributed by atoms with Gasteiger partial charge in [0.2, 0.25) is 0 Å². The number of allylic oxidation sites excluding steroid dienone is 1. The molecule has 0 amide bonds. The monoisotopic (exact) mass is 213 g/mol. The van der Waals surface area contributed by atoms with Crippen LogP contribution in [0.4, 0.5) is 0 Å². The quantitative estimate of drug-likeness (QED) is 0.501. The highest BCUT2D eigenvalue weighted by Crippen LogP contribution is 2.32. The van der Waals surface area contributed by atoms with E-state index in [1.54, 1.807) is 0 Å². The van der Waals surface area contributed by atoms with Crippen LogP contribution in [0.1, 0.15) is 32.1 Å². The highest BCUT2D eigenvalue weighted by molar-refractivity contribution is 7.39. The van der Waals surface area contributed by atoms with E-state index in [0.29, 0.717) is 0 Å². The Kier molecular flexibility index (Phi) is 6.47. The summed E-state index contributed by atoms with van der Waals surface area (Å²) in [5.74, 6) is 0. The van der Waals surface area contributed by atoms with E-state index in [9.17, 15) is 0 Å². The van der Waals surface area contributed by atoms with E-state index < -0.39 is 0 Å². The van der Waals surface area contributed by atoms with Crippen LogP contribution in [-0.4, -0.2) is 37.4 Å². The molecule has 1 saturated carbocycles. The van der Waals surface area contributed by atoms with Gasteiger partial charge in [-0.1, -0.05) is 31.4 Å². The van der Waals surface area contributed by atoms with Crippen molar-refractivity contribution < 1.29 is 0 Å². The lowest BCUT2D eigenvalue weighted by atomic mass is 10.0. The van der Waals surface area contributed by atoms with Crippen LogP contribution in [0.3, 0.4) is 0 Å². The van der Waals surface area contributed by atoms with E-state index in [2.05, 4.69) is 31.1 Å². The summed E-state index contributed by atoms with van der Waals surface area (Å²) >= 11 is 0. The number of rotatable bonds is 5. The van der Waals surface area contributed by atoms with Gasteiger partial charge in [0.1, 0.15) is 0 Å². The van der Waals surface area contributed by atoms with Crippen LogP contribution in [0, 0.1) is 0 Å². The standard InChI is InChI=1S/C12H24NP/c1-13(2)10-6-7-11-14-12-8-4-3-5-9-12/h6-7,12,14H,3-5,8-11H2,1-2H3. The van der Waals surface area contributed by atoms with Gasteiger partial charge in [-0.2, -0.15) is 0 Å². The lowest BCUT2D eigenvalue weighted by molar-refractivity contribution is 0.456. The molecule has 1 unspecified atom stereocenters. The summed E-state index contributed by atoms with van der Waals surface area (Å²) in [7, 11) is 5.42. The molecule has 0 saturated heterocycles. The number of nitrogens with zero attached hydrogens (tertiary/aromatic N) is 1. The average Bonchev–Trinajstić information content (AvgIpc) is 2.18. The molecule has 0 aromatic heterocycles. The van der Waals surface area contributed by atoms with Gasteiger partial charge in [0, 0.05) is 6.54 Å². The minimum Gasteiger partial charge on any atom is -0.306 e. The average molecular weight is 213 g/mol. The second kappa shape index (κ2) is 7.43. The molecule has 1 aliphatic carbocycles. The maximum Gasteiger partial charge on any atom is 0.0157 e. The van der Waals surface area contributed by atoms with Crippen LogP contribution < -0.4 is 0 Å². The van der Waals surface area contributed by atoms with Crippen LogP contribution >= 0.6 is 8.58 Å². The normalized spacial score (nSPS) is 20.5. The smallest absolute Gasteiger partial charge is 0.0157 e. The fourth-order valence-electron chi connectivity index (χ4n) is 1.91. The Labute approximate surface area is 90.7 Å². The number of hydrogen-bond acceptors (Lipinski definition) is 1. The van der Waals surface area contributed by atoms with E-state index >= 15 is 0 Å². The summed E-state index contributed by atoms with van der Waals surface area (Å²) in [5, 5.41) is 0. The predicted octanol–water partition coefficient (Wildman–Crippen LogP) is 3.12. The first kappa shape index (κ1) is 12.2. The van der Waals surface area contributed by atoms with Crippen molar-refractivity contribution in [2.75, 3.05) is 26.8 Å². The molecule has 0 N–H and O–H groups in total. The Bertz CT molecular complexity index is 160. The lowest BCUT2D eigenvalue weighted by Crippen LogP contribution is -2.10. The van der Waals surface area contributed by atoms with Crippen LogP contribution in [0.15, 0.2) is 12.2 Å². The molecule has 0 aromatic carbocycles. The molecule has 1 nitrogen and oxygen atoms in total. The Morgan fingerprint density at radius 3 is 2.50 bits per heavy atom. The van der Waals surface area contributed by atoms with Crippen molar-refractivity contribution in [1.82, 2.24) is 4.90 Å². The first-order chi connectivity index (χ1) is 6.79. The third-order valence-electron chi connectivity index (χ3n) is 2.77. The van der Waals surface area contributed by atoms with Gasteiger partial charge < -0.3 is 4.90 Å². The van der Waals surface area contributed by atoms with Crippen molar-refractivity contribution in [2.45, 2.75) is 37.8 Å². The summed E-state index contributed by atoms with van der Waals surface area (Å²) in [6, 6.07) is 0. The topological polar surface area (TPSA) is 3.24 Å². The van der Waals surface area contributed by atoms with E-state index in [0.717, 1.165) is 12.2 Å². The van der Waals surface area contributed by atoms with Crippen molar-refractivity contribution in [3.8, 4) is 0 Å². The van der Waals surface area contributed by atoms with Crippen molar-refractivity contribution in [3.05, 3.63) is 12.2 Å². The molecule has 0 spiro atoms. The Morgan fingerprint density at radius 1 is 1.14 bits per heavy atom. The van der Waals surface area contributed by atoms with Gasteiger partial charge in [0.25, 0.3) is 0 Å². The van der Waals surface area contributed by atoms with Crippen LogP contribution in [0.2, 0.25) is 0 Å². The van der Waals surface area contributed by atoms with Gasteiger partial charge in [-0.3, -0.25) is 0 Å². The molecule has 1 rings (SSSR count). The summed E-state index contributed by atoms with van der Waals surface area (Å²) in [5.41, 5.74) is 1.06. The zero-order valence-corrected chi connectivity index (χ0v) is 10.6. The fourth-order valence-corrected chi connectivity index (χ4v) is 3.36. The Hall–Kier alpha value is 0.130. The van der Waals surface area contributed by atoms with Crippen molar-refractivity contribution in [2.24, 2.45) is 0 Å². The van der Waals surface area contributed by atoms with Crippen LogP contribution in [0.5, 0.6) is 0 Å². The van der Waals surface area contributed by atoms with E-state index in [-0.39, 0.29) is 0 Å². The Balaban J connectivity index is 1.99. The molecular formula is C12H24NP. The van der Waals surface area contributed by atoms with Crippen molar-refractivity contribution in [3.63, 3.8) is 0 Å². The van der Waals surface area contributed by atoms with Gasteiger partial charge in [-0.15, -0.1) is 8.58 Å². The number of hydrogen-bond donors (Lipinski definition) is 0. The highest BCUT2D eigenvalue weighted by atomic mass is 31.1. The molecule has 0 heterocycles. The van der Waals surface area contributed by atoms with Gasteiger partial charge >= 0.3 is 0 Å². The lowest BCUT2D eigenvalue weighted by Gasteiger charge is -2.20. The zero-order chi connectivity index (χ0) is 10.2. The largest absolute Gasteiger partial charge is 0.306 e. The third kappa shape index (κ3) is 5.78. The van der Waals surface area contributed by atoms with E-state index in [1.807, 2.05) is 0 Å². The summed E-state index contributed by atoms with van der Waals surface area (Å²) in [6.45, 7) is 1.09. The molecule has 82 valence electrons. The first-order valence-electron chi connectivity index (χ1n) is 5.82. The summed E-state index contributed by atoms with van der Waals surface area (Å²) in [4.78, 5) is 2.21. The molecule has 1 fully saturated rings. The molecule has 0 aromatic rings. The van der Waals surface area contributed by atoms with Crippen LogP contribution in [0.25, 0.3) is 0 Å². The second-order valence-corrected chi connectivity index (χ2v) is 6.11. The highest BCUT2D eigenvalue weighted by Gasteiger charge is 2.11. The van der Waals surface area contributed by atoms with E-state index in [1.165, 1.54) is 46.8 Å². The molecule has 1 aliphatic rings.